The summed E-state index contributed by atoms with van der Waals surface area (Å²) >= 11 is 0. The summed E-state index contributed by atoms with van der Waals surface area (Å²) < 4.78 is 12.6. The number of benzene rings is 3. The van der Waals surface area contributed by atoms with Crippen molar-refractivity contribution in [2.24, 2.45) is 0 Å². The van der Waals surface area contributed by atoms with Crippen LogP contribution in [0.2, 0.25) is 0 Å². The zero-order valence-corrected chi connectivity index (χ0v) is 19.3. The Bertz CT molecular complexity index is 1640. The molecule has 0 unspecified atom stereocenters. The summed E-state index contributed by atoms with van der Waals surface area (Å²) in [7, 11) is 0. The lowest BCUT2D eigenvalue weighted by Gasteiger charge is -2.10. The maximum atomic E-state index is 13.5. The number of amides is 1. The number of carbonyl (C=O) groups is 1. The molecule has 0 aliphatic carbocycles. The SMILES string of the molecule is Cc1ccc(-n2c(N)c(C(=O)NCc3ccc4c(c3)OCO4)c3nc4ccccc4nc32)cc1C. The number of anilines is 1. The van der Waals surface area contributed by atoms with Crippen LogP contribution in [0, 0.1) is 13.8 Å². The van der Waals surface area contributed by atoms with Crippen molar-refractivity contribution in [1.82, 2.24) is 19.9 Å². The number of rotatable bonds is 4. The first-order chi connectivity index (χ1) is 17.0. The minimum Gasteiger partial charge on any atom is -0.454 e. The molecule has 35 heavy (non-hydrogen) atoms. The maximum absolute atomic E-state index is 13.5. The number of hydrogen-bond donors (Lipinski definition) is 2. The van der Waals surface area contributed by atoms with E-state index in [1.165, 1.54) is 5.56 Å². The van der Waals surface area contributed by atoms with Crippen LogP contribution in [0.4, 0.5) is 5.82 Å². The molecule has 0 radical (unpaired) electrons. The fourth-order valence-corrected chi connectivity index (χ4v) is 4.33. The van der Waals surface area contributed by atoms with E-state index >= 15 is 0 Å². The minimum absolute atomic E-state index is 0.201. The maximum Gasteiger partial charge on any atom is 0.257 e. The number of nitrogens with two attached hydrogens (primary N) is 1. The van der Waals surface area contributed by atoms with Gasteiger partial charge in [-0.25, -0.2) is 9.97 Å². The van der Waals surface area contributed by atoms with Crippen molar-refractivity contribution in [3.63, 3.8) is 0 Å². The highest BCUT2D eigenvalue weighted by molar-refractivity contribution is 6.11. The molecule has 0 bridgehead atoms. The molecule has 0 saturated heterocycles. The molecule has 174 valence electrons. The number of nitrogens with one attached hydrogen (secondary N) is 1. The molecule has 6 rings (SSSR count). The van der Waals surface area contributed by atoms with Gasteiger partial charge < -0.3 is 20.5 Å². The van der Waals surface area contributed by atoms with Gasteiger partial charge in [0, 0.05) is 12.2 Å². The number of ether oxygens (including phenoxy) is 2. The molecule has 1 aliphatic rings. The third-order valence-corrected chi connectivity index (χ3v) is 6.36. The Hall–Kier alpha value is -4.59. The summed E-state index contributed by atoms with van der Waals surface area (Å²) in [5.74, 6) is 1.34. The lowest BCUT2D eigenvalue weighted by Crippen LogP contribution is -2.24. The normalized spacial score (nSPS) is 12.4. The second-order valence-electron chi connectivity index (χ2n) is 8.62. The smallest absolute Gasteiger partial charge is 0.257 e. The Balaban J connectivity index is 1.45. The van der Waals surface area contributed by atoms with E-state index in [4.69, 9.17) is 25.2 Å². The fraction of sp³-hybridized carbons (Fsp3) is 0.148. The third kappa shape index (κ3) is 3.50. The van der Waals surface area contributed by atoms with Crippen molar-refractivity contribution in [2.75, 3.05) is 12.5 Å². The van der Waals surface area contributed by atoms with Crippen molar-refractivity contribution in [3.8, 4) is 17.2 Å². The fourth-order valence-electron chi connectivity index (χ4n) is 4.33. The average molecular weight is 466 g/mol. The van der Waals surface area contributed by atoms with E-state index in [1.807, 2.05) is 67.6 Å². The number of nitrogens with zero attached hydrogens (tertiary/aromatic N) is 3. The minimum atomic E-state index is -0.322. The molecule has 5 aromatic rings. The first-order valence-corrected chi connectivity index (χ1v) is 11.3. The van der Waals surface area contributed by atoms with E-state index in [0.717, 1.165) is 22.3 Å². The number of fused-ring (bicyclic) bond motifs is 3. The molecule has 1 amide bonds. The first-order valence-electron chi connectivity index (χ1n) is 11.3. The highest BCUT2D eigenvalue weighted by Gasteiger charge is 2.25. The quantitative estimate of drug-likeness (QED) is 0.407. The number of aryl methyl sites for hydroxylation is 2. The summed E-state index contributed by atoms with van der Waals surface area (Å²) in [6.07, 6.45) is 0. The van der Waals surface area contributed by atoms with Gasteiger partial charge in [0.2, 0.25) is 6.79 Å². The van der Waals surface area contributed by atoms with Crippen molar-refractivity contribution < 1.29 is 14.3 Å². The van der Waals surface area contributed by atoms with Crippen molar-refractivity contribution in [1.29, 1.82) is 0 Å². The summed E-state index contributed by atoms with van der Waals surface area (Å²) in [6.45, 7) is 4.60. The van der Waals surface area contributed by atoms with Crippen LogP contribution in [0.1, 0.15) is 27.0 Å². The molecule has 1 aliphatic heterocycles. The second-order valence-corrected chi connectivity index (χ2v) is 8.62. The lowest BCUT2D eigenvalue weighted by molar-refractivity contribution is 0.0953. The van der Waals surface area contributed by atoms with Gasteiger partial charge in [-0.15, -0.1) is 0 Å². The first kappa shape index (κ1) is 21.0. The highest BCUT2D eigenvalue weighted by Crippen LogP contribution is 2.33. The molecule has 3 aromatic carbocycles. The van der Waals surface area contributed by atoms with Gasteiger partial charge >= 0.3 is 0 Å². The average Bonchev–Trinajstić information content (AvgIpc) is 3.44. The predicted molar refractivity (Wildman–Crippen MR) is 134 cm³/mol. The number of hydrogen-bond acceptors (Lipinski definition) is 6. The predicted octanol–water partition coefficient (Wildman–Crippen LogP) is 4.43. The van der Waals surface area contributed by atoms with Gasteiger partial charge in [0.1, 0.15) is 16.9 Å². The van der Waals surface area contributed by atoms with Crippen molar-refractivity contribution in [2.45, 2.75) is 20.4 Å². The van der Waals surface area contributed by atoms with Gasteiger partial charge in [-0.1, -0.05) is 24.3 Å². The lowest BCUT2D eigenvalue weighted by atomic mass is 10.1. The number of carbonyl (C=O) groups excluding carboxylic acids is 1. The van der Waals surface area contributed by atoms with E-state index < -0.39 is 0 Å². The Kier molecular flexibility index (Phi) is 4.81. The van der Waals surface area contributed by atoms with Crippen LogP contribution >= 0.6 is 0 Å². The Morgan fingerprint density at radius 2 is 1.74 bits per heavy atom. The van der Waals surface area contributed by atoms with Crippen LogP contribution < -0.4 is 20.5 Å². The molecular weight excluding hydrogens is 442 g/mol. The third-order valence-electron chi connectivity index (χ3n) is 6.36. The van der Waals surface area contributed by atoms with Crippen LogP contribution in [-0.4, -0.2) is 27.2 Å². The van der Waals surface area contributed by atoms with E-state index in [2.05, 4.69) is 12.2 Å². The summed E-state index contributed by atoms with van der Waals surface area (Å²) in [5, 5.41) is 2.98. The molecule has 8 nitrogen and oxygen atoms in total. The molecule has 0 saturated carbocycles. The molecule has 0 atom stereocenters. The Morgan fingerprint density at radius 1 is 0.971 bits per heavy atom. The van der Waals surface area contributed by atoms with E-state index in [0.29, 0.717) is 46.1 Å². The van der Waals surface area contributed by atoms with Gasteiger partial charge in [0.15, 0.2) is 17.1 Å². The molecule has 3 N–H and O–H groups in total. The van der Waals surface area contributed by atoms with Crippen LogP contribution in [0.3, 0.4) is 0 Å². The van der Waals surface area contributed by atoms with Gasteiger partial charge in [0.25, 0.3) is 5.91 Å². The van der Waals surface area contributed by atoms with Crippen LogP contribution in [0.5, 0.6) is 11.5 Å². The van der Waals surface area contributed by atoms with Gasteiger partial charge in [-0.2, -0.15) is 0 Å². The zero-order chi connectivity index (χ0) is 24.1. The van der Waals surface area contributed by atoms with E-state index in [-0.39, 0.29) is 12.7 Å². The standard InChI is InChI=1S/C27H23N5O3/c1-15-7-9-18(11-16(15)2)32-25(28)23(24-26(32)31-20-6-4-3-5-19(20)30-24)27(33)29-13-17-8-10-21-22(12-17)35-14-34-21/h3-12H,13-14,28H2,1-2H3,(H,29,33). The molecule has 8 heteroatoms. The second kappa shape index (κ2) is 8.02. The van der Waals surface area contributed by atoms with Gasteiger partial charge in [0.05, 0.1) is 11.0 Å². The summed E-state index contributed by atoms with van der Waals surface area (Å²) in [5.41, 5.74) is 13.4. The molecule has 0 fully saturated rings. The largest absolute Gasteiger partial charge is 0.454 e. The number of nitrogen functional groups attached to an aromatic ring is 1. The number of aromatic nitrogens is 3. The zero-order valence-electron chi connectivity index (χ0n) is 19.3. The molecular formula is C27H23N5O3. The molecule has 3 heterocycles. The van der Waals surface area contributed by atoms with Crippen LogP contribution in [0.25, 0.3) is 27.9 Å². The van der Waals surface area contributed by atoms with Crippen LogP contribution in [-0.2, 0) is 6.54 Å². The number of para-hydroxylation sites is 2. The van der Waals surface area contributed by atoms with Gasteiger partial charge in [-0.05, 0) is 66.9 Å². The van der Waals surface area contributed by atoms with Gasteiger partial charge in [-0.3, -0.25) is 9.36 Å². The Morgan fingerprint density at radius 3 is 2.54 bits per heavy atom. The van der Waals surface area contributed by atoms with Crippen LogP contribution in [0.15, 0.2) is 60.7 Å². The molecule has 2 aromatic heterocycles. The summed E-state index contributed by atoms with van der Waals surface area (Å²) in [6, 6.07) is 19.2. The monoisotopic (exact) mass is 465 g/mol. The Labute approximate surface area is 201 Å². The van der Waals surface area contributed by atoms with E-state index in [9.17, 15) is 4.79 Å². The summed E-state index contributed by atoms with van der Waals surface area (Å²) in [4.78, 5) is 23.1. The van der Waals surface area contributed by atoms with E-state index in [1.54, 1.807) is 4.57 Å². The van der Waals surface area contributed by atoms with Crippen molar-refractivity contribution in [3.05, 3.63) is 82.9 Å². The molecule has 0 spiro atoms. The van der Waals surface area contributed by atoms with Crippen molar-refractivity contribution >= 4 is 33.9 Å². The highest BCUT2D eigenvalue weighted by atomic mass is 16.7. The topological polar surface area (TPSA) is 104 Å².